The SMILES string of the molecule is COc1ccc(OC)c(CN2CCN(S(=O)(=O)c3ccc(Br)c(C)c3)CC2)c1. The van der Waals surface area contributed by atoms with Crippen LogP contribution in [-0.4, -0.2) is 58.0 Å². The summed E-state index contributed by atoms with van der Waals surface area (Å²) in [5.41, 5.74) is 1.94. The molecule has 1 fully saturated rings. The maximum Gasteiger partial charge on any atom is 0.243 e. The third-order valence-electron chi connectivity index (χ3n) is 4.98. The van der Waals surface area contributed by atoms with Gasteiger partial charge in [0.1, 0.15) is 11.5 Å². The number of benzene rings is 2. The predicted molar refractivity (Wildman–Crippen MR) is 112 cm³/mol. The van der Waals surface area contributed by atoms with Crippen LogP contribution in [0.3, 0.4) is 0 Å². The highest BCUT2D eigenvalue weighted by Crippen LogP contribution is 2.27. The first kappa shape index (κ1) is 21.1. The van der Waals surface area contributed by atoms with Crippen molar-refractivity contribution in [1.29, 1.82) is 0 Å². The van der Waals surface area contributed by atoms with E-state index < -0.39 is 10.0 Å². The molecule has 0 N–H and O–H groups in total. The van der Waals surface area contributed by atoms with Crippen LogP contribution < -0.4 is 9.47 Å². The molecule has 152 valence electrons. The topological polar surface area (TPSA) is 59.1 Å². The van der Waals surface area contributed by atoms with Crippen molar-refractivity contribution in [1.82, 2.24) is 9.21 Å². The molecule has 0 aromatic heterocycles. The summed E-state index contributed by atoms with van der Waals surface area (Å²) < 4.78 is 39.1. The van der Waals surface area contributed by atoms with Crippen LogP contribution in [0.25, 0.3) is 0 Å². The van der Waals surface area contributed by atoms with Crippen LogP contribution in [0, 0.1) is 6.92 Å². The molecule has 0 atom stereocenters. The highest BCUT2D eigenvalue weighted by Gasteiger charge is 2.29. The number of nitrogens with zero attached hydrogens (tertiary/aromatic N) is 2. The van der Waals surface area contributed by atoms with E-state index in [2.05, 4.69) is 20.8 Å². The molecule has 3 rings (SSSR count). The van der Waals surface area contributed by atoms with Crippen LogP contribution in [0.1, 0.15) is 11.1 Å². The van der Waals surface area contributed by atoms with Gasteiger partial charge in [-0.25, -0.2) is 8.42 Å². The average Bonchev–Trinajstić information content (AvgIpc) is 2.70. The summed E-state index contributed by atoms with van der Waals surface area (Å²) in [6.45, 7) is 4.83. The number of sulfonamides is 1. The number of piperazine rings is 1. The standard InChI is InChI=1S/C20H25BrN2O4S/c1-15-12-18(5-6-19(15)21)28(24,25)23-10-8-22(9-11-23)14-16-13-17(26-2)4-7-20(16)27-3/h4-7,12-13H,8-11,14H2,1-3H3. The minimum atomic E-state index is -3.48. The van der Waals surface area contributed by atoms with Gasteiger partial charge >= 0.3 is 0 Å². The van der Waals surface area contributed by atoms with Gasteiger partial charge in [-0.1, -0.05) is 15.9 Å². The summed E-state index contributed by atoms with van der Waals surface area (Å²) >= 11 is 3.42. The Labute approximate surface area is 175 Å². The van der Waals surface area contributed by atoms with E-state index in [1.54, 1.807) is 36.7 Å². The van der Waals surface area contributed by atoms with Crippen LogP contribution in [0.5, 0.6) is 11.5 Å². The molecular weight excluding hydrogens is 444 g/mol. The van der Waals surface area contributed by atoms with Gasteiger partial charge in [0.15, 0.2) is 0 Å². The van der Waals surface area contributed by atoms with Crippen LogP contribution in [0.2, 0.25) is 0 Å². The molecular formula is C20H25BrN2O4S. The molecule has 0 unspecified atom stereocenters. The van der Waals surface area contributed by atoms with Crippen molar-refractivity contribution >= 4 is 26.0 Å². The van der Waals surface area contributed by atoms with Crippen LogP contribution >= 0.6 is 15.9 Å². The molecule has 2 aromatic carbocycles. The zero-order valence-electron chi connectivity index (χ0n) is 16.3. The monoisotopic (exact) mass is 468 g/mol. The van der Waals surface area contributed by atoms with E-state index in [9.17, 15) is 8.42 Å². The number of methoxy groups -OCH3 is 2. The summed E-state index contributed by atoms with van der Waals surface area (Å²) in [7, 11) is -0.193. The Morgan fingerprint density at radius 2 is 1.71 bits per heavy atom. The molecule has 1 heterocycles. The fraction of sp³-hybridized carbons (Fsp3) is 0.400. The Bertz CT molecular complexity index is 941. The summed E-state index contributed by atoms with van der Waals surface area (Å²) in [5.74, 6) is 1.59. The first-order valence-corrected chi connectivity index (χ1v) is 11.3. The Balaban J connectivity index is 1.68. The molecule has 1 aliphatic heterocycles. The lowest BCUT2D eigenvalue weighted by atomic mass is 10.1. The molecule has 0 saturated carbocycles. The largest absolute Gasteiger partial charge is 0.497 e. The fourth-order valence-corrected chi connectivity index (χ4v) is 5.06. The molecule has 0 radical (unpaired) electrons. The molecule has 0 spiro atoms. The summed E-state index contributed by atoms with van der Waals surface area (Å²) in [5, 5.41) is 0. The van der Waals surface area contributed by atoms with Crippen LogP contribution in [-0.2, 0) is 16.6 Å². The predicted octanol–water partition coefficient (Wildman–Crippen LogP) is 3.28. The van der Waals surface area contributed by atoms with Gasteiger partial charge in [0.2, 0.25) is 10.0 Å². The zero-order chi connectivity index (χ0) is 20.3. The normalized spacial score (nSPS) is 16.1. The van der Waals surface area contributed by atoms with Gasteiger partial charge in [0, 0.05) is 42.8 Å². The lowest BCUT2D eigenvalue weighted by Gasteiger charge is -2.34. The molecule has 0 amide bonds. The van der Waals surface area contributed by atoms with Crippen molar-refractivity contribution in [2.75, 3.05) is 40.4 Å². The van der Waals surface area contributed by atoms with Crippen LogP contribution in [0.15, 0.2) is 45.8 Å². The minimum Gasteiger partial charge on any atom is -0.497 e. The van der Waals surface area contributed by atoms with E-state index in [0.29, 0.717) is 37.6 Å². The van der Waals surface area contributed by atoms with E-state index >= 15 is 0 Å². The van der Waals surface area contributed by atoms with E-state index in [4.69, 9.17) is 9.47 Å². The van der Waals surface area contributed by atoms with E-state index in [1.165, 1.54) is 0 Å². The summed E-state index contributed by atoms with van der Waals surface area (Å²) in [6, 6.07) is 10.9. The molecule has 0 aliphatic carbocycles. The second-order valence-corrected chi connectivity index (χ2v) is 9.56. The number of rotatable bonds is 6. The smallest absolute Gasteiger partial charge is 0.243 e. The average molecular weight is 469 g/mol. The minimum absolute atomic E-state index is 0.344. The van der Waals surface area contributed by atoms with Gasteiger partial charge in [-0.2, -0.15) is 4.31 Å². The van der Waals surface area contributed by atoms with Gasteiger partial charge in [0.05, 0.1) is 19.1 Å². The van der Waals surface area contributed by atoms with E-state index in [0.717, 1.165) is 27.1 Å². The van der Waals surface area contributed by atoms with Crippen molar-refractivity contribution in [3.05, 3.63) is 52.0 Å². The van der Waals surface area contributed by atoms with Gasteiger partial charge in [-0.05, 0) is 48.9 Å². The highest BCUT2D eigenvalue weighted by atomic mass is 79.9. The molecule has 1 aliphatic rings. The molecule has 8 heteroatoms. The second kappa shape index (κ2) is 8.82. The number of hydrogen-bond acceptors (Lipinski definition) is 5. The Morgan fingerprint density at radius 3 is 2.32 bits per heavy atom. The molecule has 28 heavy (non-hydrogen) atoms. The van der Waals surface area contributed by atoms with Crippen molar-refractivity contribution in [3.8, 4) is 11.5 Å². The van der Waals surface area contributed by atoms with Crippen molar-refractivity contribution in [2.24, 2.45) is 0 Å². The third-order valence-corrected chi connectivity index (χ3v) is 7.76. The first-order chi connectivity index (χ1) is 13.3. The van der Waals surface area contributed by atoms with Crippen molar-refractivity contribution in [3.63, 3.8) is 0 Å². The molecule has 6 nitrogen and oxygen atoms in total. The van der Waals surface area contributed by atoms with Gasteiger partial charge < -0.3 is 9.47 Å². The molecule has 0 bridgehead atoms. The number of aryl methyl sites for hydroxylation is 1. The third kappa shape index (κ3) is 4.51. The van der Waals surface area contributed by atoms with E-state index in [1.807, 2.05) is 25.1 Å². The van der Waals surface area contributed by atoms with Gasteiger partial charge in [-0.15, -0.1) is 0 Å². The van der Waals surface area contributed by atoms with Crippen LogP contribution in [0.4, 0.5) is 0 Å². The Kier molecular flexibility index (Phi) is 6.65. The van der Waals surface area contributed by atoms with Gasteiger partial charge in [0.25, 0.3) is 0 Å². The Morgan fingerprint density at radius 1 is 1.00 bits per heavy atom. The van der Waals surface area contributed by atoms with Crippen molar-refractivity contribution in [2.45, 2.75) is 18.4 Å². The maximum atomic E-state index is 13.0. The second-order valence-electron chi connectivity index (χ2n) is 6.77. The quantitative estimate of drug-likeness (QED) is 0.650. The lowest BCUT2D eigenvalue weighted by Crippen LogP contribution is -2.48. The Hall–Kier alpha value is -1.61. The van der Waals surface area contributed by atoms with Crippen molar-refractivity contribution < 1.29 is 17.9 Å². The lowest BCUT2D eigenvalue weighted by molar-refractivity contribution is 0.180. The number of halogens is 1. The summed E-state index contributed by atoms with van der Waals surface area (Å²) in [4.78, 5) is 2.58. The number of hydrogen-bond donors (Lipinski definition) is 0. The zero-order valence-corrected chi connectivity index (χ0v) is 18.7. The molecule has 2 aromatic rings. The summed E-state index contributed by atoms with van der Waals surface area (Å²) in [6.07, 6.45) is 0. The highest BCUT2D eigenvalue weighted by molar-refractivity contribution is 9.10. The fourth-order valence-electron chi connectivity index (χ4n) is 3.30. The maximum absolute atomic E-state index is 13.0. The van der Waals surface area contributed by atoms with E-state index in [-0.39, 0.29) is 0 Å². The van der Waals surface area contributed by atoms with Gasteiger partial charge in [-0.3, -0.25) is 4.90 Å². The molecule has 1 saturated heterocycles. The number of ether oxygens (including phenoxy) is 2. The first-order valence-electron chi connectivity index (χ1n) is 9.04.